The van der Waals surface area contributed by atoms with Crippen molar-refractivity contribution < 1.29 is 19.1 Å². The van der Waals surface area contributed by atoms with Crippen LogP contribution in [0.25, 0.3) is 6.08 Å². The lowest BCUT2D eigenvalue weighted by molar-refractivity contribution is -0.116. The van der Waals surface area contributed by atoms with Crippen molar-refractivity contribution in [3.05, 3.63) is 191 Å². The van der Waals surface area contributed by atoms with Gasteiger partial charge in [-0.25, -0.2) is 0 Å². The second kappa shape index (κ2) is 17.0. The van der Waals surface area contributed by atoms with Gasteiger partial charge in [-0.05, 0) is 96.1 Å². The number of thioether (sulfide) groups is 1. The Morgan fingerprint density at radius 1 is 0.627 bits per heavy atom. The average molecular weight is 710 g/mol. The Hall–Kier alpha value is -6.09. The van der Waals surface area contributed by atoms with E-state index in [1.807, 2.05) is 72.8 Å². The Balaban J connectivity index is 1.18. The highest BCUT2D eigenvalue weighted by atomic mass is 35.5. The van der Waals surface area contributed by atoms with Crippen LogP contribution in [-0.2, 0) is 9.59 Å². The average Bonchev–Trinajstić information content (AvgIpc) is 3.16. The lowest BCUT2D eigenvalue weighted by Gasteiger charge is -2.18. The number of rotatable bonds is 12. The van der Waals surface area contributed by atoms with E-state index in [1.54, 1.807) is 97.1 Å². The second-order valence-electron chi connectivity index (χ2n) is 11.2. The van der Waals surface area contributed by atoms with E-state index in [9.17, 15) is 14.4 Å². The molecule has 0 radical (unpaired) electrons. The monoisotopic (exact) mass is 709 g/mol. The normalized spacial score (nSPS) is 11.6. The van der Waals surface area contributed by atoms with E-state index in [0.717, 1.165) is 16.2 Å². The van der Waals surface area contributed by atoms with Gasteiger partial charge in [0.15, 0.2) is 0 Å². The molecule has 0 bridgehead atoms. The van der Waals surface area contributed by atoms with Crippen molar-refractivity contribution >= 4 is 58.5 Å². The summed E-state index contributed by atoms with van der Waals surface area (Å²) in [6.07, 6.45) is 1.58. The number of nitrogens with one attached hydrogen (secondary N) is 3. The van der Waals surface area contributed by atoms with Crippen molar-refractivity contribution in [1.82, 2.24) is 5.32 Å². The van der Waals surface area contributed by atoms with Crippen LogP contribution in [0.4, 0.5) is 11.4 Å². The maximum atomic E-state index is 13.8. The van der Waals surface area contributed by atoms with Crippen molar-refractivity contribution in [2.45, 2.75) is 10.1 Å². The molecule has 51 heavy (non-hydrogen) atoms. The van der Waals surface area contributed by atoms with Crippen LogP contribution in [0.1, 0.15) is 26.7 Å². The highest BCUT2D eigenvalue weighted by Crippen LogP contribution is 2.37. The van der Waals surface area contributed by atoms with Crippen LogP contribution >= 0.6 is 23.4 Å². The molecule has 1 unspecified atom stereocenters. The summed E-state index contributed by atoms with van der Waals surface area (Å²) in [5.41, 5.74) is 3.06. The molecule has 1 atom stereocenters. The first kappa shape index (κ1) is 34.8. The van der Waals surface area contributed by atoms with E-state index in [-0.39, 0.29) is 11.6 Å². The zero-order valence-corrected chi connectivity index (χ0v) is 28.7. The van der Waals surface area contributed by atoms with Crippen LogP contribution in [0.2, 0.25) is 5.02 Å². The molecule has 0 saturated heterocycles. The number of benzene rings is 6. The Morgan fingerprint density at radius 3 is 1.94 bits per heavy atom. The fourth-order valence-electron chi connectivity index (χ4n) is 4.99. The zero-order valence-electron chi connectivity index (χ0n) is 27.2. The van der Waals surface area contributed by atoms with Crippen LogP contribution in [0.15, 0.2) is 174 Å². The van der Waals surface area contributed by atoms with E-state index in [0.29, 0.717) is 33.3 Å². The Labute approximate surface area is 305 Å². The highest BCUT2D eigenvalue weighted by molar-refractivity contribution is 8.00. The van der Waals surface area contributed by atoms with Gasteiger partial charge in [-0.3, -0.25) is 14.4 Å². The van der Waals surface area contributed by atoms with Crippen molar-refractivity contribution in [3.8, 4) is 11.5 Å². The van der Waals surface area contributed by atoms with Crippen molar-refractivity contribution in [2.24, 2.45) is 0 Å². The topological polar surface area (TPSA) is 96.5 Å². The number of hydrogen-bond donors (Lipinski definition) is 3. The molecule has 0 aliphatic heterocycles. The van der Waals surface area contributed by atoms with Gasteiger partial charge in [-0.2, -0.15) is 0 Å². The molecule has 3 amide bonds. The number of carbonyl (C=O) groups is 3. The van der Waals surface area contributed by atoms with Gasteiger partial charge < -0.3 is 20.7 Å². The maximum Gasteiger partial charge on any atom is 0.272 e. The summed E-state index contributed by atoms with van der Waals surface area (Å²) < 4.78 is 5.88. The van der Waals surface area contributed by atoms with Gasteiger partial charge in [-0.1, -0.05) is 96.5 Å². The fourth-order valence-corrected chi connectivity index (χ4v) is 6.20. The minimum Gasteiger partial charge on any atom is -0.457 e. The van der Waals surface area contributed by atoms with Crippen LogP contribution in [0.5, 0.6) is 11.5 Å². The number of para-hydroxylation sites is 1. The largest absolute Gasteiger partial charge is 0.457 e. The molecule has 6 aromatic rings. The fraction of sp³-hybridized carbons (Fsp3) is 0.0238. The third-order valence-electron chi connectivity index (χ3n) is 7.50. The van der Waals surface area contributed by atoms with Crippen LogP contribution in [0.3, 0.4) is 0 Å². The summed E-state index contributed by atoms with van der Waals surface area (Å²) in [4.78, 5) is 41.2. The van der Waals surface area contributed by atoms with E-state index in [4.69, 9.17) is 16.3 Å². The molecule has 0 aromatic heterocycles. The number of carbonyl (C=O) groups excluding carboxylic acids is 3. The summed E-state index contributed by atoms with van der Waals surface area (Å²) in [5.74, 6) is 0.213. The quantitative estimate of drug-likeness (QED) is 0.0868. The van der Waals surface area contributed by atoms with Crippen LogP contribution in [0, 0.1) is 0 Å². The first-order chi connectivity index (χ1) is 24.9. The minimum atomic E-state index is -0.608. The molecule has 0 saturated carbocycles. The van der Waals surface area contributed by atoms with E-state index in [1.165, 1.54) is 11.8 Å². The molecule has 7 nitrogen and oxygen atoms in total. The second-order valence-corrected chi connectivity index (χ2v) is 12.9. The molecule has 0 spiro atoms. The van der Waals surface area contributed by atoms with Crippen molar-refractivity contribution in [3.63, 3.8) is 0 Å². The SMILES string of the molecule is O=C(Nc1cccc(SC(C(=O)Nc2ccc(Oc3ccccc3)cc2)c2ccccc2)c1)/C(=C/c1ccc(Cl)cc1)NC(=O)c1ccccc1. The smallest absolute Gasteiger partial charge is 0.272 e. The molecule has 6 rings (SSSR count). The molecule has 0 aliphatic rings. The predicted octanol–water partition coefficient (Wildman–Crippen LogP) is 10.0. The molecule has 252 valence electrons. The number of ether oxygens (including phenoxy) is 1. The van der Waals surface area contributed by atoms with Gasteiger partial charge in [0.2, 0.25) is 5.91 Å². The summed E-state index contributed by atoms with van der Waals surface area (Å²) in [5, 5.41) is 8.62. The molecule has 6 aromatic carbocycles. The standard InChI is InChI=1S/C42H32ClN3O4S/c43-32-21-19-29(20-22-32)27-38(46-40(47)31-13-6-2-7-14-31)41(48)45-34-15-10-18-37(28-34)51-39(30-11-4-1-5-12-30)42(49)44-33-23-25-36(26-24-33)50-35-16-8-3-9-17-35/h1-28,39H,(H,44,49)(H,45,48)(H,46,47)/b38-27-. The van der Waals surface area contributed by atoms with E-state index >= 15 is 0 Å². The Morgan fingerprint density at radius 2 is 1.25 bits per heavy atom. The lowest BCUT2D eigenvalue weighted by atomic mass is 10.1. The van der Waals surface area contributed by atoms with Crippen LogP contribution < -0.4 is 20.7 Å². The number of anilines is 2. The third-order valence-corrected chi connectivity index (χ3v) is 9.00. The van der Waals surface area contributed by atoms with E-state index < -0.39 is 17.1 Å². The summed E-state index contributed by atoms with van der Waals surface area (Å²) >= 11 is 7.41. The molecule has 0 aliphatic carbocycles. The molecule has 9 heteroatoms. The van der Waals surface area contributed by atoms with Gasteiger partial charge in [0.25, 0.3) is 11.8 Å². The van der Waals surface area contributed by atoms with Gasteiger partial charge in [0.1, 0.15) is 22.4 Å². The number of halogens is 1. The first-order valence-corrected chi connectivity index (χ1v) is 17.3. The number of hydrogen-bond acceptors (Lipinski definition) is 5. The van der Waals surface area contributed by atoms with E-state index in [2.05, 4.69) is 16.0 Å². The molecular formula is C42H32ClN3O4S. The third kappa shape index (κ3) is 9.98. The van der Waals surface area contributed by atoms with Gasteiger partial charge in [0, 0.05) is 26.9 Å². The van der Waals surface area contributed by atoms with Gasteiger partial charge in [-0.15, -0.1) is 11.8 Å². The first-order valence-electron chi connectivity index (χ1n) is 16.0. The van der Waals surface area contributed by atoms with Gasteiger partial charge in [0.05, 0.1) is 0 Å². The minimum absolute atomic E-state index is 0.0472. The summed E-state index contributed by atoms with van der Waals surface area (Å²) in [7, 11) is 0. The zero-order chi connectivity index (χ0) is 35.4. The summed E-state index contributed by atoms with van der Waals surface area (Å²) in [6, 6.07) is 48.9. The molecular weight excluding hydrogens is 678 g/mol. The Kier molecular flexibility index (Phi) is 11.6. The predicted molar refractivity (Wildman–Crippen MR) is 205 cm³/mol. The summed E-state index contributed by atoms with van der Waals surface area (Å²) in [6.45, 7) is 0. The maximum absolute atomic E-state index is 13.8. The Bertz CT molecular complexity index is 2130. The molecule has 3 N–H and O–H groups in total. The molecule has 0 fully saturated rings. The molecule has 0 heterocycles. The number of amides is 3. The van der Waals surface area contributed by atoms with Crippen molar-refractivity contribution in [1.29, 1.82) is 0 Å². The highest BCUT2D eigenvalue weighted by Gasteiger charge is 2.23. The van der Waals surface area contributed by atoms with Crippen LogP contribution in [-0.4, -0.2) is 17.7 Å². The lowest BCUT2D eigenvalue weighted by Crippen LogP contribution is -2.30. The van der Waals surface area contributed by atoms with Gasteiger partial charge >= 0.3 is 0 Å². The van der Waals surface area contributed by atoms with Crippen molar-refractivity contribution in [2.75, 3.05) is 10.6 Å².